The van der Waals surface area contributed by atoms with E-state index in [0.29, 0.717) is 6.61 Å². The van der Waals surface area contributed by atoms with Crippen molar-refractivity contribution in [2.45, 2.75) is 13.3 Å². The van der Waals surface area contributed by atoms with E-state index in [2.05, 4.69) is 18.2 Å². The molecule has 18 heavy (non-hydrogen) atoms. The van der Waals surface area contributed by atoms with Gasteiger partial charge < -0.3 is 4.74 Å². The zero-order valence-corrected chi connectivity index (χ0v) is 10.4. The van der Waals surface area contributed by atoms with Gasteiger partial charge in [-0.25, -0.2) is 4.79 Å². The first-order valence-electron chi connectivity index (χ1n) is 6.13. The lowest BCUT2D eigenvalue weighted by atomic mass is 10.1. The van der Waals surface area contributed by atoms with Crippen molar-refractivity contribution in [2.75, 3.05) is 6.61 Å². The Kier molecular flexibility index (Phi) is 4.13. The van der Waals surface area contributed by atoms with Gasteiger partial charge in [-0.3, -0.25) is 0 Å². The summed E-state index contributed by atoms with van der Waals surface area (Å²) in [5.74, 6) is -0.287. The Morgan fingerprint density at radius 1 is 1.17 bits per heavy atom. The van der Waals surface area contributed by atoms with Crippen LogP contribution in [0.4, 0.5) is 0 Å². The first kappa shape index (κ1) is 12.4. The summed E-state index contributed by atoms with van der Waals surface area (Å²) in [5.41, 5.74) is 1.00. The molecule has 0 atom stereocenters. The number of esters is 1. The largest absolute Gasteiger partial charge is 0.463 e. The maximum atomic E-state index is 11.3. The van der Waals surface area contributed by atoms with E-state index in [0.717, 1.165) is 12.0 Å². The summed E-state index contributed by atoms with van der Waals surface area (Å²) < 4.78 is 4.97. The van der Waals surface area contributed by atoms with Gasteiger partial charge in [-0.05, 0) is 34.9 Å². The van der Waals surface area contributed by atoms with Crippen LogP contribution >= 0.6 is 0 Å². The molecule has 0 saturated heterocycles. The lowest BCUT2D eigenvalue weighted by Gasteiger charge is -2.00. The second kappa shape index (κ2) is 6.01. The Morgan fingerprint density at radius 3 is 2.72 bits per heavy atom. The fourth-order valence-electron chi connectivity index (χ4n) is 1.73. The summed E-state index contributed by atoms with van der Waals surface area (Å²) >= 11 is 0. The average molecular weight is 240 g/mol. The highest BCUT2D eigenvalue weighted by Crippen LogP contribution is 2.16. The number of carbonyl (C=O) groups excluding carboxylic acids is 1. The van der Waals surface area contributed by atoms with Crippen molar-refractivity contribution < 1.29 is 9.53 Å². The molecule has 2 nitrogen and oxygen atoms in total. The molecular weight excluding hydrogens is 224 g/mol. The van der Waals surface area contributed by atoms with E-state index < -0.39 is 0 Å². The number of benzene rings is 2. The molecule has 0 aliphatic heterocycles. The maximum absolute atomic E-state index is 11.3. The number of rotatable bonds is 4. The van der Waals surface area contributed by atoms with E-state index >= 15 is 0 Å². The highest BCUT2D eigenvalue weighted by atomic mass is 16.5. The zero-order valence-electron chi connectivity index (χ0n) is 10.4. The molecule has 0 saturated carbocycles. The Hall–Kier alpha value is -2.09. The molecule has 0 unspecified atom stereocenters. The minimum Gasteiger partial charge on any atom is -0.463 e. The van der Waals surface area contributed by atoms with E-state index in [1.807, 2.05) is 31.2 Å². The van der Waals surface area contributed by atoms with Crippen LogP contribution in [0.3, 0.4) is 0 Å². The number of fused-ring (bicyclic) bond motifs is 1. The van der Waals surface area contributed by atoms with Crippen molar-refractivity contribution in [3.63, 3.8) is 0 Å². The lowest BCUT2D eigenvalue weighted by molar-refractivity contribution is -0.137. The SMILES string of the molecule is CCCOC(=O)C=Cc1ccc2ccccc2c1. The number of hydrogen-bond acceptors (Lipinski definition) is 2. The van der Waals surface area contributed by atoms with Gasteiger partial charge in [0.1, 0.15) is 0 Å². The summed E-state index contributed by atoms with van der Waals surface area (Å²) in [6.07, 6.45) is 4.10. The average Bonchev–Trinajstić information content (AvgIpc) is 2.42. The molecule has 2 aromatic carbocycles. The van der Waals surface area contributed by atoms with Gasteiger partial charge in [0.25, 0.3) is 0 Å². The highest BCUT2D eigenvalue weighted by molar-refractivity contribution is 5.89. The van der Waals surface area contributed by atoms with E-state index in [1.54, 1.807) is 6.08 Å². The van der Waals surface area contributed by atoms with Crippen LogP contribution in [0, 0.1) is 0 Å². The fraction of sp³-hybridized carbons (Fsp3) is 0.188. The monoisotopic (exact) mass is 240 g/mol. The van der Waals surface area contributed by atoms with Crippen LogP contribution in [0.5, 0.6) is 0 Å². The van der Waals surface area contributed by atoms with Crippen molar-refractivity contribution in [1.29, 1.82) is 0 Å². The van der Waals surface area contributed by atoms with Crippen molar-refractivity contribution >= 4 is 22.8 Å². The third kappa shape index (κ3) is 3.20. The molecule has 0 radical (unpaired) electrons. The van der Waals surface area contributed by atoms with E-state index in [4.69, 9.17) is 4.74 Å². The van der Waals surface area contributed by atoms with Crippen LogP contribution in [0.25, 0.3) is 16.8 Å². The second-order valence-corrected chi connectivity index (χ2v) is 4.11. The maximum Gasteiger partial charge on any atom is 0.330 e. The Bertz CT molecular complexity index is 570. The molecule has 92 valence electrons. The van der Waals surface area contributed by atoms with Gasteiger partial charge in [0.05, 0.1) is 6.61 Å². The molecule has 0 aliphatic rings. The zero-order chi connectivity index (χ0) is 12.8. The van der Waals surface area contributed by atoms with E-state index in [-0.39, 0.29) is 5.97 Å². The smallest absolute Gasteiger partial charge is 0.330 e. The fourth-order valence-corrected chi connectivity index (χ4v) is 1.73. The Morgan fingerprint density at radius 2 is 1.94 bits per heavy atom. The molecule has 0 amide bonds. The predicted molar refractivity (Wildman–Crippen MR) is 74.2 cm³/mol. The van der Waals surface area contributed by atoms with Crippen LogP contribution in [-0.4, -0.2) is 12.6 Å². The summed E-state index contributed by atoms with van der Waals surface area (Å²) in [5, 5.41) is 2.37. The molecule has 0 heterocycles. The molecule has 0 bridgehead atoms. The van der Waals surface area contributed by atoms with Crippen LogP contribution in [0.2, 0.25) is 0 Å². The number of ether oxygens (including phenoxy) is 1. The van der Waals surface area contributed by atoms with Crippen molar-refractivity contribution in [3.8, 4) is 0 Å². The van der Waals surface area contributed by atoms with Gasteiger partial charge >= 0.3 is 5.97 Å². The van der Waals surface area contributed by atoms with Crippen LogP contribution in [0.15, 0.2) is 48.5 Å². The summed E-state index contributed by atoms with van der Waals surface area (Å²) in [7, 11) is 0. The van der Waals surface area contributed by atoms with Gasteiger partial charge in [-0.2, -0.15) is 0 Å². The van der Waals surface area contributed by atoms with Crippen molar-refractivity contribution in [2.24, 2.45) is 0 Å². The number of hydrogen-bond donors (Lipinski definition) is 0. The summed E-state index contributed by atoms with van der Waals surface area (Å²) in [6, 6.07) is 14.2. The molecule has 2 rings (SSSR count). The minimum absolute atomic E-state index is 0.287. The van der Waals surface area contributed by atoms with Crippen LogP contribution in [-0.2, 0) is 9.53 Å². The van der Waals surface area contributed by atoms with Gasteiger partial charge in [0.15, 0.2) is 0 Å². The first-order valence-corrected chi connectivity index (χ1v) is 6.13. The molecule has 0 fully saturated rings. The molecular formula is C16H16O2. The number of carbonyl (C=O) groups is 1. The quantitative estimate of drug-likeness (QED) is 0.600. The molecule has 0 spiro atoms. The lowest BCUT2D eigenvalue weighted by Crippen LogP contribution is -2.00. The second-order valence-electron chi connectivity index (χ2n) is 4.11. The first-order chi connectivity index (χ1) is 8.79. The summed E-state index contributed by atoms with van der Waals surface area (Å²) in [4.78, 5) is 11.3. The molecule has 2 aromatic rings. The topological polar surface area (TPSA) is 26.3 Å². The van der Waals surface area contributed by atoms with Crippen molar-refractivity contribution in [3.05, 3.63) is 54.1 Å². The highest BCUT2D eigenvalue weighted by Gasteiger charge is 1.96. The van der Waals surface area contributed by atoms with E-state index in [9.17, 15) is 4.79 Å². The third-order valence-electron chi connectivity index (χ3n) is 2.63. The minimum atomic E-state index is -0.287. The van der Waals surface area contributed by atoms with E-state index in [1.165, 1.54) is 16.8 Å². The molecule has 2 heteroatoms. The van der Waals surface area contributed by atoms with Gasteiger partial charge in [0.2, 0.25) is 0 Å². The Balaban J connectivity index is 2.12. The van der Waals surface area contributed by atoms with Crippen LogP contribution in [0.1, 0.15) is 18.9 Å². The van der Waals surface area contributed by atoms with Gasteiger partial charge in [-0.15, -0.1) is 0 Å². The molecule has 0 aromatic heterocycles. The van der Waals surface area contributed by atoms with Gasteiger partial charge in [0, 0.05) is 6.08 Å². The Labute approximate surface area is 107 Å². The molecule has 0 N–H and O–H groups in total. The van der Waals surface area contributed by atoms with Gasteiger partial charge in [-0.1, -0.05) is 43.3 Å². The normalized spacial score (nSPS) is 10.9. The summed E-state index contributed by atoms with van der Waals surface area (Å²) in [6.45, 7) is 2.45. The predicted octanol–water partition coefficient (Wildman–Crippen LogP) is 3.81. The molecule has 0 aliphatic carbocycles. The van der Waals surface area contributed by atoms with Crippen LogP contribution < -0.4 is 0 Å². The van der Waals surface area contributed by atoms with Crippen molar-refractivity contribution in [1.82, 2.24) is 0 Å². The third-order valence-corrected chi connectivity index (χ3v) is 2.63. The standard InChI is InChI=1S/C16H16O2/c1-2-11-18-16(17)10-8-13-7-9-14-5-3-4-6-15(14)12-13/h3-10,12H,2,11H2,1H3.